The van der Waals surface area contributed by atoms with Gasteiger partial charge in [-0.3, -0.25) is 4.79 Å². The van der Waals surface area contributed by atoms with Gasteiger partial charge in [-0.05, 0) is 19.4 Å². The molecule has 2 fully saturated rings. The average molecular weight is 241 g/mol. The minimum Gasteiger partial charge on any atom is -0.365 e. The van der Waals surface area contributed by atoms with Crippen LogP contribution in [0.1, 0.15) is 19.8 Å². The van der Waals surface area contributed by atoms with E-state index in [1.807, 2.05) is 4.90 Å². The zero-order chi connectivity index (χ0) is 12.3. The number of carbonyl (C=O) groups is 1. The Kier molecular flexibility index (Phi) is 4.36. The second kappa shape index (κ2) is 5.80. The summed E-state index contributed by atoms with van der Waals surface area (Å²) in [5.41, 5.74) is 5.61. The van der Waals surface area contributed by atoms with Crippen molar-refractivity contribution in [3.63, 3.8) is 0 Å². The normalized spacial score (nSPS) is 28.7. The molecule has 0 bridgehead atoms. The third-order valence-electron chi connectivity index (χ3n) is 3.87. The first kappa shape index (κ1) is 12.8. The van der Waals surface area contributed by atoms with Gasteiger partial charge in [0.15, 0.2) is 0 Å². The monoisotopic (exact) mass is 241 g/mol. The highest BCUT2D eigenvalue weighted by Crippen LogP contribution is 2.19. The van der Waals surface area contributed by atoms with Gasteiger partial charge in [0.1, 0.15) is 6.61 Å². The predicted octanol–water partition coefficient (Wildman–Crippen LogP) is -0.343. The summed E-state index contributed by atoms with van der Waals surface area (Å²) in [5, 5.41) is 0. The van der Waals surface area contributed by atoms with Crippen LogP contribution < -0.4 is 5.73 Å². The largest absolute Gasteiger partial charge is 0.365 e. The van der Waals surface area contributed by atoms with Crippen LogP contribution in [-0.2, 0) is 9.53 Å². The quantitative estimate of drug-likeness (QED) is 0.734. The summed E-state index contributed by atoms with van der Waals surface area (Å²) in [5.74, 6) is 0.129. The fourth-order valence-corrected chi connectivity index (χ4v) is 2.69. The lowest BCUT2D eigenvalue weighted by Gasteiger charge is -2.41. The Morgan fingerprint density at radius 3 is 2.71 bits per heavy atom. The van der Waals surface area contributed by atoms with Gasteiger partial charge in [0.2, 0.25) is 5.91 Å². The first-order chi connectivity index (χ1) is 8.24. The van der Waals surface area contributed by atoms with E-state index in [1.54, 1.807) is 0 Å². The lowest BCUT2D eigenvalue weighted by Crippen LogP contribution is -2.55. The Bertz CT molecular complexity index is 264. The average Bonchev–Trinajstić information content (AvgIpc) is 2.39. The minimum atomic E-state index is 0.0249. The smallest absolute Gasteiger partial charge is 0.248 e. The fraction of sp³-hybridized carbons (Fsp3) is 0.917. The SMILES string of the molecule is CCN1CCC(N2CC(CN)OCC2=O)CC1. The highest BCUT2D eigenvalue weighted by atomic mass is 16.5. The van der Waals surface area contributed by atoms with Crippen molar-refractivity contribution in [1.82, 2.24) is 9.80 Å². The van der Waals surface area contributed by atoms with Crippen LogP contribution in [0.4, 0.5) is 0 Å². The minimum absolute atomic E-state index is 0.0249. The van der Waals surface area contributed by atoms with E-state index < -0.39 is 0 Å². The Labute approximate surface area is 103 Å². The number of amides is 1. The molecule has 0 spiro atoms. The van der Waals surface area contributed by atoms with Crippen molar-refractivity contribution in [2.75, 3.05) is 39.3 Å². The molecule has 0 radical (unpaired) electrons. The number of nitrogens with zero attached hydrogens (tertiary/aromatic N) is 2. The summed E-state index contributed by atoms with van der Waals surface area (Å²) >= 11 is 0. The molecule has 2 heterocycles. The molecule has 1 amide bonds. The third-order valence-corrected chi connectivity index (χ3v) is 3.87. The molecule has 2 aliphatic heterocycles. The molecule has 5 heteroatoms. The molecule has 0 saturated carbocycles. The number of likely N-dealkylation sites (tertiary alicyclic amines) is 1. The van der Waals surface area contributed by atoms with Crippen molar-refractivity contribution in [3.8, 4) is 0 Å². The molecule has 2 aliphatic rings. The van der Waals surface area contributed by atoms with Gasteiger partial charge in [0.05, 0.1) is 6.10 Å². The maximum atomic E-state index is 11.9. The van der Waals surface area contributed by atoms with E-state index in [1.165, 1.54) is 0 Å². The molecule has 98 valence electrons. The zero-order valence-corrected chi connectivity index (χ0v) is 10.6. The van der Waals surface area contributed by atoms with E-state index >= 15 is 0 Å². The second-order valence-electron chi connectivity index (χ2n) is 4.88. The van der Waals surface area contributed by atoms with Crippen molar-refractivity contribution in [2.24, 2.45) is 5.73 Å². The van der Waals surface area contributed by atoms with Gasteiger partial charge in [0, 0.05) is 32.2 Å². The van der Waals surface area contributed by atoms with Crippen LogP contribution in [0.25, 0.3) is 0 Å². The molecule has 0 aromatic carbocycles. The number of rotatable bonds is 3. The number of piperidine rings is 1. The summed E-state index contributed by atoms with van der Waals surface area (Å²) in [7, 11) is 0. The van der Waals surface area contributed by atoms with Gasteiger partial charge in [-0.25, -0.2) is 0 Å². The number of ether oxygens (including phenoxy) is 1. The highest BCUT2D eigenvalue weighted by molar-refractivity contribution is 5.78. The van der Waals surface area contributed by atoms with Crippen molar-refractivity contribution < 1.29 is 9.53 Å². The van der Waals surface area contributed by atoms with E-state index in [0.29, 0.717) is 19.1 Å². The zero-order valence-electron chi connectivity index (χ0n) is 10.6. The van der Waals surface area contributed by atoms with Gasteiger partial charge < -0.3 is 20.3 Å². The van der Waals surface area contributed by atoms with Gasteiger partial charge in [-0.1, -0.05) is 6.92 Å². The van der Waals surface area contributed by atoms with E-state index in [2.05, 4.69) is 11.8 Å². The number of hydrogen-bond acceptors (Lipinski definition) is 4. The molecule has 17 heavy (non-hydrogen) atoms. The lowest BCUT2D eigenvalue weighted by molar-refractivity contribution is -0.152. The van der Waals surface area contributed by atoms with Gasteiger partial charge in [-0.15, -0.1) is 0 Å². The molecule has 2 rings (SSSR count). The van der Waals surface area contributed by atoms with E-state index in [-0.39, 0.29) is 18.6 Å². The number of hydrogen-bond donors (Lipinski definition) is 1. The second-order valence-corrected chi connectivity index (χ2v) is 4.88. The maximum absolute atomic E-state index is 11.9. The molecule has 0 aromatic rings. The molecule has 5 nitrogen and oxygen atoms in total. The Balaban J connectivity index is 1.90. The summed E-state index contributed by atoms with van der Waals surface area (Å²) in [4.78, 5) is 16.3. The van der Waals surface area contributed by atoms with Crippen molar-refractivity contribution in [2.45, 2.75) is 31.9 Å². The van der Waals surface area contributed by atoms with Crippen LogP contribution in [0.2, 0.25) is 0 Å². The van der Waals surface area contributed by atoms with Gasteiger partial charge in [0.25, 0.3) is 0 Å². The summed E-state index contributed by atoms with van der Waals surface area (Å²) < 4.78 is 5.38. The van der Waals surface area contributed by atoms with Crippen molar-refractivity contribution in [1.29, 1.82) is 0 Å². The first-order valence-electron chi connectivity index (χ1n) is 6.58. The molecule has 0 aliphatic carbocycles. The first-order valence-corrected chi connectivity index (χ1v) is 6.58. The Hall–Kier alpha value is -0.650. The summed E-state index contributed by atoms with van der Waals surface area (Å²) in [6.45, 7) is 6.86. The van der Waals surface area contributed by atoms with Crippen LogP contribution in [-0.4, -0.2) is 67.2 Å². The van der Waals surface area contributed by atoms with E-state index in [9.17, 15) is 4.79 Å². The van der Waals surface area contributed by atoms with Crippen molar-refractivity contribution in [3.05, 3.63) is 0 Å². The molecule has 1 atom stereocenters. The number of morpholine rings is 1. The van der Waals surface area contributed by atoms with Crippen LogP contribution in [0.3, 0.4) is 0 Å². The summed E-state index contributed by atoms with van der Waals surface area (Å²) in [6, 6.07) is 0.392. The van der Waals surface area contributed by atoms with Crippen LogP contribution >= 0.6 is 0 Å². The lowest BCUT2D eigenvalue weighted by atomic mass is 10.0. The summed E-state index contributed by atoms with van der Waals surface area (Å²) in [6.07, 6.45) is 2.19. The third kappa shape index (κ3) is 2.97. The molecule has 2 N–H and O–H groups in total. The van der Waals surface area contributed by atoms with Crippen LogP contribution in [0, 0.1) is 0 Å². The molecular formula is C12H23N3O2. The molecular weight excluding hydrogens is 218 g/mol. The Morgan fingerprint density at radius 2 is 2.12 bits per heavy atom. The standard InChI is InChI=1S/C12H23N3O2/c1-2-14-5-3-10(4-6-14)15-8-11(7-13)17-9-12(15)16/h10-11H,2-9,13H2,1H3. The fourth-order valence-electron chi connectivity index (χ4n) is 2.69. The molecule has 1 unspecified atom stereocenters. The topological polar surface area (TPSA) is 58.8 Å². The van der Waals surface area contributed by atoms with E-state index in [0.717, 1.165) is 32.5 Å². The number of carbonyl (C=O) groups excluding carboxylic acids is 1. The van der Waals surface area contributed by atoms with E-state index in [4.69, 9.17) is 10.5 Å². The molecule has 2 saturated heterocycles. The van der Waals surface area contributed by atoms with Crippen LogP contribution in [0.15, 0.2) is 0 Å². The predicted molar refractivity (Wildman–Crippen MR) is 65.6 cm³/mol. The van der Waals surface area contributed by atoms with Crippen LogP contribution in [0.5, 0.6) is 0 Å². The van der Waals surface area contributed by atoms with Gasteiger partial charge >= 0.3 is 0 Å². The highest BCUT2D eigenvalue weighted by Gasteiger charge is 2.32. The number of nitrogens with two attached hydrogens (primary N) is 1. The van der Waals surface area contributed by atoms with Gasteiger partial charge in [-0.2, -0.15) is 0 Å². The molecule has 0 aromatic heterocycles. The maximum Gasteiger partial charge on any atom is 0.248 e. The van der Waals surface area contributed by atoms with Crippen molar-refractivity contribution >= 4 is 5.91 Å². The Morgan fingerprint density at radius 1 is 1.41 bits per heavy atom.